The first-order chi connectivity index (χ1) is 14.5. The second-order valence-electron chi connectivity index (χ2n) is 6.59. The van der Waals surface area contributed by atoms with E-state index in [-0.39, 0.29) is 12.2 Å². The summed E-state index contributed by atoms with van der Waals surface area (Å²) < 4.78 is 18.0. The van der Waals surface area contributed by atoms with E-state index in [1.165, 1.54) is 22.2 Å². The zero-order valence-electron chi connectivity index (χ0n) is 16.7. The molecule has 4 rings (SSSR count). The lowest BCUT2D eigenvalue weighted by Crippen LogP contribution is -2.39. The van der Waals surface area contributed by atoms with Gasteiger partial charge in [-0.1, -0.05) is 23.5 Å². The summed E-state index contributed by atoms with van der Waals surface area (Å²) in [5.41, 5.74) is 1.42. The molecule has 0 aliphatic carbocycles. The molecule has 1 aliphatic rings. The van der Waals surface area contributed by atoms with Crippen LogP contribution in [-0.2, 0) is 9.53 Å². The fourth-order valence-corrected chi connectivity index (χ4v) is 4.41. The lowest BCUT2D eigenvalue weighted by Gasteiger charge is -2.22. The van der Waals surface area contributed by atoms with Gasteiger partial charge in [0.25, 0.3) is 5.56 Å². The monoisotopic (exact) mass is 424 g/mol. The van der Waals surface area contributed by atoms with E-state index in [0.717, 1.165) is 11.3 Å². The summed E-state index contributed by atoms with van der Waals surface area (Å²) in [5, 5.41) is 0. The molecule has 0 saturated heterocycles. The Hall–Kier alpha value is -3.39. The molecule has 0 fully saturated rings. The Morgan fingerprint density at radius 3 is 2.70 bits per heavy atom. The summed E-state index contributed by atoms with van der Waals surface area (Å²) in [5.74, 6) is 0.704. The minimum absolute atomic E-state index is 0.225. The van der Waals surface area contributed by atoms with Gasteiger partial charge in [0, 0.05) is 0 Å². The maximum Gasteiger partial charge on any atom is 0.338 e. The van der Waals surface area contributed by atoms with Crippen LogP contribution in [0.5, 0.6) is 5.75 Å². The van der Waals surface area contributed by atoms with Gasteiger partial charge in [-0.2, -0.15) is 0 Å². The van der Waals surface area contributed by atoms with Gasteiger partial charge in [0.05, 0.1) is 35.8 Å². The van der Waals surface area contributed by atoms with Crippen LogP contribution in [0.4, 0.5) is 0 Å². The molecule has 154 valence electrons. The lowest BCUT2D eigenvalue weighted by atomic mass is 10.0. The number of nitrogens with zero attached hydrogens (tertiary/aromatic N) is 2. The minimum Gasteiger partial charge on any atom is -0.497 e. The number of methoxy groups -OCH3 is 1. The highest BCUT2D eigenvalue weighted by Gasteiger charge is 2.34. The van der Waals surface area contributed by atoms with Crippen LogP contribution in [0.3, 0.4) is 0 Å². The molecule has 3 aromatic rings. The summed E-state index contributed by atoms with van der Waals surface area (Å²) in [6.45, 7) is 3.70. The highest BCUT2D eigenvalue weighted by atomic mass is 32.1. The van der Waals surface area contributed by atoms with Crippen LogP contribution in [-0.4, -0.2) is 24.3 Å². The average Bonchev–Trinajstić information content (AvgIpc) is 3.37. The van der Waals surface area contributed by atoms with E-state index in [4.69, 9.17) is 13.9 Å². The van der Waals surface area contributed by atoms with E-state index in [1.54, 1.807) is 39.2 Å². The highest BCUT2D eigenvalue weighted by molar-refractivity contribution is 7.07. The van der Waals surface area contributed by atoms with Gasteiger partial charge in [0.15, 0.2) is 4.80 Å². The first-order valence-electron chi connectivity index (χ1n) is 9.40. The highest BCUT2D eigenvalue weighted by Crippen LogP contribution is 2.30. The number of hydrogen-bond acceptors (Lipinski definition) is 7. The smallest absolute Gasteiger partial charge is 0.338 e. The van der Waals surface area contributed by atoms with Crippen molar-refractivity contribution >= 4 is 23.4 Å². The topological polar surface area (TPSA) is 83.0 Å². The Balaban J connectivity index is 1.90. The Bertz CT molecular complexity index is 1280. The van der Waals surface area contributed by atoms with E-state index in [0.29, 0.717) is 26.4 Å². The number of allylic oxidation sites excluding steroid dienone is 1. The Kier molecular flexibility index (Phi) is 5.41. The summed E-state index contributed by atoms with van der Waals surface area (Å²) in [7, 11) is 1.60. The molecule has 0 radical (unpaired) electrons. The second-order valence-corrected chi connectivity index (χ2v) is 7.60. The van der Waals surface area contributed by atoms with Crippen LogP contribution in [0.15, 0.2) is 68.1 Å². The number of carbonyl (C=O) groups is 1. The van der Waals surface area contributed by atoms with Crippen molar-refractivity contribution in [1.82, 2.24) is 4.57 Å². The molecule has 1 aliphatic heterocycles. The van der Waals surface area contributed by atoms with Crippen molar-refractivity contribution in [2.75, 3.05) is 13.7 Å². The summed E-state index contributed by atoms with van der Waals surface area (Å²) >= 11 is 1.27. The molecule has 0 bridgehead atoms. The number of fused-ring (bicyclic) bond motifs is 1. The van der Waals surface area contributed by atoms with E-state index in [1.807, 2.05) is 24.3 Å². The number of benzene rings is 1. The largest absolute Gasteiger partial charge is 0.497 e. The van der Waals surface area contributed by atoms with Crippen molar-refractivity contribution in [3.05, 3.63) is 84.9 Å². The van der Waals surface area contributed by atoms with Gasteiger partial charge in [0.1, 0.15) is 17.6 Å². The van der Waals surface area contributed by atoms with Crippen LogP contribution < -0.4 is 19.6 Å². The zero-order chi connectivity index (χ0) is 21.3. The van der Waals surface area contributed by atoms with Crippen LogP contribution in [0.2, 0.25) is 0 Å². The number of aromatic nitrogens is 1. The average molecular weight is 424 g/mol. The quantitative estimate of drug-likeness (QED) is 0.588. The van der Waals surface area contributed by atoms with Gasteiger partial charge < -0.3 is 13.9 Å². The predicted octanol–water partition coefficient (Wildman–Crippen LogP) is 2.40. The maximum atomic E-state index is 13.3. The lowest BCUT2D eigenvalue weighted by molar-refractivity contribution is -0.139. The first kappa shape index (κ1) is 19.9. The Morgan fingerprint density at radius 2 is 2.07 bits per heavy atom. The molecule has 2 aromatic heterocycles. The zero-order valence-corrected chi connectivity index (χ0v) is 17.6. The molecule has 8 heteroatoms. The number of rotatable bonds is 5. The fraction of sp³-hybridized carbons (Fsp3) is 0.227. The van der Waals surface area contributed by atoms with Gasteiger partial charge in [-0.25, -0.2) is 9.79 Å². The normalized spacial score (nSPS) is 16.2. The Morgan fingerprint density at radius 1 is 1.30 bits per heavy atom. The van der Waals surface area contributed by atoms with E-state index in [9.17, 15) is 9.59 Å². The number of carbonyl (C=O) groups excluding carboxylic acids is 1. The van der Waals surface area contributed by atoms with Gasteiger partial charge in [-0.3, -0.25) is 9.36 Å². The minimum atomic E-state index is -0.728. The van der Waals surface area contributed by atoms with Crippen LogP contribution in [0.25, 0.3) is 6.08 Å². The van der Waals surface area contributed by atoms with Crippen LogP contribution >= 0.6 is 11.3 Å². The molecule has 0 spiro atoms. The number of ether oxygens (including phenoxy) is 2. The number of thiazole rings is 1. The molecule has 0 saturated carbocycles. The van der Waals surface area contributed by atoms with Gasteiger partial charge >= 0.3 is 5.97 Å². The number of furan rings is 1. The third kappa shape index (κ3) is 3.50. The Labute approximate surface area is 176 Å². The number of hydrogen-bond donors (Lipinski definition) is 0. The van der Waals surface area contributed by atoms with Gasteiger partial charge in [-0.15, -0.1) is 0 Å². The fourth-order valence-electron chi connectivity index (χ4n) is 3.36. The van der Waals surface area contributed by atoms with E-state index in [2.05, 4.69) is 4.99 Å². The summed E-state index contributed by atoms with van der Waals surface area (Å²) in [4.78, 5) is 31.0. The van der Waals surface area contributed by atoms with Crippen molar-refractivity contribution in [2.45, 2.75) is 19.9 Å². The second kappa shape index (κ2) is 8.16. The van der Waals surface area contributed by atoms with Gasteiger partial charge in [-0.05, 0) is 49.8 Å². The molecule has 0 N–H and O–H groups in total. The molecule has 0 amide bonds. The summed E-state index contributed by atoms with van der Waals surface area (Å²) in [6.07, 6.45) is 3.31. The third-order valence-corrected chi connectivity index (χ3v) is 5.73. The van der Waals surface area contributed by atoms with Crippen LogP contribution in [0.1, 0.15) is 31.2 Å². The van der Waals surface area contributed by atoms with Crippen molar-refractivity contribution < 1.29 is 18.7 Å². The van der Waals surface area contributed by atoms with Gasteiger partial charge in [0.2, 0.25) is 0 Å². The van der Waals surface area contributed by atoms with Crippen molar-refractivity contribution in [3.63, 3.8) is 0 Å². The molecule has 3 heterocycles. The molecule has 1 unspecified atom stereocenters. The molecule has 7 nitrogen and oxygen atoms in total. The third-order valence-electron chi connectivity index (χ3n) is 4.74. The molecule has 1 aromatic carbocycles. The van der Waals surface area contributed by atoms with E-state index < -0.39 is 12.0 Å². The summed E-state index contributed by atoms with van der Waals surface area (Å²) in [6, 6.07) is 10.1. The van der Waals surface area contributed by atoms with E-state index >= 15 is 0 Å². The standard InChI is InChI=1S/C22H20N2O5S/c1-4-28-21(26)18-13(2)23-22-24(19(18)16-6-5-11-29-16)20(25)17(30-22)12-14-7-9-15(27-3)10-8-14/h5-12,19H,4H2,1-3H3. The SMILES string of the molecule is CCOC(=O)C1=C(C)N=c2sc(=Cc3ccc(OC)cc3)c(=O)n2C1c1ccco1. The first-order valence-corrected chi connectivity index (χ1v) is 10.2. The molecule has 30 heavy (non-hydrogen) atoms. The maximum absolute atomic E-state index is 13.3. The molecule has 1 atom stereocenters. The number of esters is 1. The van der Waals surface area contributed by atoms with Crippen molar-refractivity contribution in [3.8, 4) is 5.75 Å². The predicted molar refractivity (Wildman–Crippen MR) is 112 cm³/mol. The van der Waals surface area contributed by atoms with Crippen LogP contribution in [0, 0.1) is 0 Å². The molecular formula is C22H20N2O5S. The van der Waals surface area contributed by atoms with Crippen molar-refractivity contribution in [1.29, 1.82) is 0 Å². The molecular weight excluding hydrogens is 404 g/mol. The van der Waals surface area contributed by atoms with Crippen molar-refractivity contribution in [2.24, 2.45) is 4.99 Å².